The molecule has 0 bridgehead atoms. The number of aromatic nitrogens is 2. The third-order valence-electron chi connectivity index (χ3n) is 6.76. The molecule has 2 aromatic heterocycles. The molecule has 2 fully saturated rings. The van der Waals surface area contributed by atoms with Gasteiger partial charge in [-0.1, -0.05) is 18.0 Å². The highest BCUT2D eigenvalue weighted by molar-refractivity contribution is 5.70. The van der Waals surface area contributed by atoms with E-state index in [1.807, 2.05) is 6.07 Å². The Hall–Kier alpha value is -3.10. The molecule has 4 rings (SSSR count). The second kappa shape index (κ2) is 10.2. The minimum absolute atomic E-state index is 0.0669. The normalized spacial score (nSPS) is 21.0. The average Bonchev–Trinajstić information content (AvgIpc) is 3.48. The van der Waals surface area contributed by atoms with Crippen LogP contribution in [0.2, 0.25) is 0 Å². The summed E-state index contributed by atoms with van der Waals surface area (Å²) in [5.41, 5.74) is 2.00. The minimum Gasteiger partial charge on any atom is -0.481 e. The van der Waals surface area contributed by atoms with E-state index in [2.05, 4.69) is 10.1 Å². The maximum Gasteiger partial charge on any atom is 0.410 e. The van der Waals surface area contributed by atoms with Gasteiger partial charge in [0.2, 0.25) is 5.88 Å². The Labute approximate surface area is 193 Å². The first-order valence-corrected chi connectivity index (χ1v) is 11.6. The summed E-state index contributed by atoms with van der Waals surface area (Å²) in [4.78, 5) is 29.8. The second-order valence-electron chi connectivity index (χ2n) is 9.00. The van der Waals surface area contributed by atoms with Gasteiger partial charge in [0.05, 0.1) is 11.5 Å². The summed E-state index contributed by atoms with van der Waals surface area (Å²) in [6.45, 7) is 1.85. The molecule has 0 saturated heterocycles. The van der Waals surface area contributed by atoms with Crippen LogP contribution in [-0.4, -0.2) is 51.4 Å². The van der Waals surface area contributed by atoms with Gasteiger partial charge in [0.15, 0.2) is 0 Å². The molecule has 0 radical (unpaired) electrons. The zero-order valence-electron chi connectivity index (χ0n) is 19.2. The summed E-state index contributed by atoms with van der Waals surface area (Å²) >= 11 is 0. The van der Waals surface area contributed by atoms with E-state index in [1.54, 1.807) is 31.1 Å². The van der Waals surface area contributed by atoms with Crippen molar-refractivity contribution in [2.75, 3.05) is 7.05 Å². The first-order chi connectivity index (χ1) is 15.9. The molecule has 0 aromatic carbocycles. The molecule has 2 saturated carbocycles. The van der Waals surface area contributed by atoms with Crippen molar-refractivity contribution in [3.05, 3.63) is 29.7 Å². The number of hydrogen-bond acceptors (Lipinski definition) is 7. The zero-order valence-corrected chi connectivity index (χ0v) is 19.2. The predicted molar refractivity (Wildman–Crippen MR) is 119 cm³/mol. The molecule has 0 spiro atoms. The summed E-state index contributed by atoms with van der Waals surface area (Å²) in [5, 5.41) is 13.4. The fourth-order valence-electron chi connectivity index (χ4n) is 4.70. The Morgan fingerprint density at radius 3 is 2.67 bits per heavy atom. The van der Waals surface area contributed by atoms with Crippen LogP contribution in [-0.2, 0) is 16.1 Å². The van der Waals surface area contributed by atoms with Crippen LogP contribution in [0.3, 0.4) is 0 Å². The van der Waals surface area contributed by atoms with Crippen molar-refractivity contribution < 1.29 is 28.7 Å². The smallest absolute Gasteiger partial charge is 0.410 e. The number of carboxylic acid groups (broad SMARTS) is 1. The highest BCUT2D eigenvalue weighted by Gasteiger charge is 2.29. The number of rotatable bonds is 7. The van der Waals surface area contributed by atoms with Crippen LogP contribution in [0.4, 0.5) is 4.79 Å². The molecule has 1 N–H and O–H groups in total. The van der Waals surface area contributed by atoms with Crippen molar-refractivity contribution in [1.82, 2.24) is 15.0 Å². The van der Waals surface area contributed by atoms with Crippen LogP contribution >= 0.6 is 0 Å². The van der Waals surface area contributed by atoms with Crippen molar-refractivity contribution in [1.29, 1.82) is 0 Å². The number of pyridine rings is 1. The third kappa shape index (κ3) is 5.46. The lowest BCUT2D eigenvalue weighted by atomic mass is 9.87. The lowest BCUT2D eigenvalue weighted by Crippen LogP contribution is -2.35. The Kier molecular flexibility index (Phi) is 7.15. The van der Waals surface area contributed by atoms with E-state index >= 15 is 0 Å². The number of amides is 1. The molecule has 0 aliphatic heterocycles. The van der Waals surface area contributed by atoms with E-state index in [4.69, 9.17) is 14.0 Å². The van der Waals surface area contributed by atoms with Crippen molar-refractivity contribution in [2.45, 2.75) is 77.0 Å². The van der Waals surface area contributed by atoms with Crippen LogP contribution in [0.1, 0.15) is 62.7 Å². The highest BCUT2D eigenvalue weighted by Crippen LogP contribution is 2.30. The van der Waals surface area contributed by atoms with Gasteiger partial charge in [-0.2, -0.15) is 0 Å². The molecule has 2 heterocycles. The van der Waals surface area contributed by atoms with Crippen LogP contribution in [0.15, 0.2) is 22.9 Å². The lowest BCUT2D eigenvalue weighted by molar-refractivity contribution is -0.143. The van der Waals surface area contributed by atoms with Gasteiger partial charge in [0.25, 0.3) is 0 Å². The van der Waals surface area contributed by atoms with Gasteiger partial charge in [0, 0.05) is 30.9 Å². The number of hydrogen-bond donors (Lipinski definition) is 1. The molecule has 2 aromatic rings. The maximum absolute atomic E-state index is 12.5. The molecule has 2 aliphatic rings. The average molecular weight is 458 g/mol. The molecule has 178 valence electrons. The first kappa shape index (κ1) is 23.1. The van der Waals surface area contributed by atoms with Gasteiger partial charge in [-0.05, 0) is 51.5 Å². The number of aryl methyl sites for hydroxylation is 1. The molecular formula is C24H31N3O6. The summed E-state index contributed by atoms with van der Waals surface area (Å²) in [6, 6.07) is 3.81. The van der Waals surface area contributed by atoms with Crippen LogP contribution in [0, 0.1) is 12.8 Å². The fourth-order valence-corrected chi connectivity index (χ4v) is 4.70. The number of ether oxygens (including phenoxy) is 2. The number of carbonyl (C=O) groups is 2. The van der Waals surface area contributed by atoms with E-state index in [0.717, 1.165) is 44.1 Å². The maximum atomic E-state index is 12.5. The topological polar surface area (TPSA) is 115 Å². The number of aliphatic carboxylic acids is 1. The van der Waals surface area contributed by atoms with E-state index in [-0.39, 0.29) is 30.8 Å². The van der Waals surface area contributed by atoms with Gasteiger partial charge in [0.1, 0.15) is 24.2 Å². The van der Waals surface area contributed by atoms with Crippen molar-refractivity contribution in [2.24, 2.45) is 5.92 Å². The van der Waals surface area contributed by atoms with E-state index in [0.29, 0.717) is 35.7 Å². The van der Waals surface area contributed by atoms with Crippen LogP contribution in [0.5, 0.6) is 5.88 Å². The Morgan fingerprint density at radius 2 is 1.97 bits per heavy atom. The summed E-state index contributed by atoms with van der Waals surface area (Å²) in [6.07, 6.45) is 8.29. The van der Waals surface area contributed by atoms with Crippen molar-refractivity contribution >= 4 is 12.1 Å². The molecule has 2 atom stereocenters. The second-order valence-corrected chi connectivity index (χ2v) is 9.00. The summed E-state index contributed by atoms with van der Waals surface area (Å²) < 4.78 is 16.8. The van der Waals surface area contributed by atoms with Gasteiger partial charge in [-0.15, -0.1) is 0 Å². The number of nitrogens with zero attached hydrogens (tertiary/aromatic N) is 3. The Balaban J connectivity index is 1.38. The number of carbonyl (C=O) groups excluding carboxylic acids is 1. The van der Waals surface area contributed by atoms with Gasteiger partial charge < -0.3 is 24.0 Å². The Morgan fingerprint density at radius 1 is 1.18 bits per heavy atom. The first-order valence-electron chi connectivity index (χ1n) is 11.6. The Bertz CT molecular complexity index is 967. The zero-order chi connectivity index (χ0) is 23.4. The van der Waals surface area contributed by atoms with E-state index in [9.17, 15) is 14.7 Å². The van der Waals surface area contributed by atoms with Crippen LogP contribution < -0.4 is 4.74 Å². The molecule has 1 amide bonds. The third-order valence-corrected chi connectivity index (χ3v) is 6.76. The quantitative estimate of drug-likeness (QED) is 0.642. The van der Waals surface area contributed by atoms with Gasteiger partial charge >= 0.3 is 12.1 Å². The SMILES string of the molecule is Cc1onc(-c2ccc(O[C@H]3CCC[C@H](C(=O)O)C3)nc2)c1COC(=O)N(C)C1CCCC1. The fraction of sp³-hybridized carbons (Fsp3) is 0.583. The van der Waals surface area contributed by atoms with Gasteiger partial charge in [-0.3, -0.25) is 4.79 Å². The monoisotopic (exact) mass is 457 g/mol. The number of carboxylic acids is 1. The summed E-state index contributed by atoms with van der Waals surface area (Å²) in [7, 11) is 1.79. The van der Waals surface area contributed by atoms with Crippen molar-refractivity contribution in [3.63, 3.8) is 0 Å². The highest BCUT2D eigenvalue weighted by atomic mass is 16.6. The van der Waals surface area contributed by atoms with E-state index < -0.39 is 5.97 Å². The van der Waals surface area contributed by atoms with Crippen LogP contribution in [0.25, 0.3) is 11.3 Å². The van der Waals surface area contributed by atoms with Gasteiger partial charge in [-0.25, -0.2) is 9.78 Å². The molecule has 9 heteroatoms. The molecule has 0 unspecified atom stereocenters. The molecule has 9 nitrogen and oxygen atoms in total. The van der Waals surface area contributed by atoms with E-state index in [1.165, 1.54) is 0 Å². The molecule has 33 heavy (non-hydrogen) atoms. The largest absolute Gasteiger partial charge is 0.481 e. The lowest BCUT2D eigenvalue weighted by Gasteiger charge is -2.26. The van der Waals surface area contributed by atoms with Crippen molar-refractivity contribution in [3.8, 4) is 17.1 Å². The predicted octanol–water partition coefficient (Wildman–Crippen LogP) is 4.58. The standard InChI is InChI=1S/C24H31N3O6/c1-15-20(14-31-24(30)27(2)18-7-3-4-8-18)22(26-33-15)17-10-11-21(25-13-17)32-19-9-5-6-16(12-19)23(28)29/h10-11,13,16,18-19H,3-9,12,14H2,1-2H3,(H,28,29)/t16-,19-/m0/s1. The molecule has 2 aliphatic carbocycles. The summed E-state index contributed by atoms with van der Waals surface area (Å²) in [5.74, 6) is -0.0977. The molecular weight excluding hydrogens is 426 g/mol. The minimum atomic E-state index is -0.768.